The number of phenols is 1. The van der Waals surface area contributed by atoms with Gasteiger partial charge in [-0.25, -0.2) is 13.1 Å². The summed E-state index contributed by atoms with van der Waals surface area (Å²) in [5, 5.41) is 9.12. The number of thiophene rings is 1. The van der Waals surface area contributed by atoms with Crippen molar-refractivity contribution in [3.8, 4) is 5.75 Å². The summed E-state index contributed by atoms with van der Waals surface area (Å²) in [4.78, 5) is 0. The van der Waals surface area contributed by atoms with Gasteiger partial charge in [0.05, 0.1) is 3.79 Å². The van der Waals surface area contributed by atoms with Crippen LogP contribution in [0.15, 0.2) is 44.4 Å². The largest absolute Gasteiger partial charge is 0.508 e. The highest BCUT2D eigenvalue weighted by atomic mass is 79.9. The van der Waals surface area contributed by atoms with Gasteiger partial charge in [0.15, 0.2) is 0 Å². The van der Waals surface area contributed by atoms with E-state index < -0.39 is 10.0 Å². The van der Waals surface area contributed by atoms with Crippen molar-refractivity contribution in [2.75, 3.05) is 0 Å². The van der Waals surface area contributed by atoms with Crippen LogP contribution in [0, 0.1) is 0 Å². The number of benzene rings is 1. The van der Waals surface area contributed by atoms with Crippen molar-refractivity contribution in [2.24, 2.45) is 0 Å². The molecule has 0 radical (unpaired) electrons. The molecule has 1 aromatic carbocycles. The van der Waals surface area contributed by atoms with E-state index in [4.69, 9.17) is 5.11 Å². The zero-order chi connectivity index (χ0) is 13.2. The number of aromatic hydroxyl groups is 1. The predicted molar refractivity (Wildman–Crippen MR) is 74.2 cm³/mol. The van der Waals surface area contributed by atoms with Gasteiger partial charge < -0.3 is 5.11 Å². The Bertz CT molecular complexity index is 635. The molecule has 2 N–H and O–H groups in total. The fourth-order valence-electron chi connectivity index (χ4n) is 1.31. The molecule has 4 nitrogen and oxygen atoms in total. The second-order valence-corrected chi connectivity index (χ2v) is 8.01. The van der Waals surface area contributed by atoms with Crippen LogP contribution >= 0.6 is 27.3 Å². The summed E-state index contributed by atoms with van der Waals surface area (Å²) in [6.45, 7) is 0.193. The molecule has 0 amide bonds. The molecule has 18 heavy (non-hydrogen) atoms. The first kappa shape index (κ1) is 13.5. The fraction of sp³-hybridized carbons (Fsp3) is 0.0909. The molecule has 0 saturated carbocycles. The molecule has 96 valence electrons. The molecule has 0 spiro atoms. The average Bonchev–Trinajstić information content (AvgIpc) is 2.76. The average molecular weight is 348 g/mol. The predicted octanol–water partition coefficient (Wildman–Crippen LogP) is 2.69. The third kappa shape index (κ3) is 3.32. The lowest BCUT2D eigenvalue weighted by molar-refractivity contribution is 0.475. The van der Waals surface area contributed by atoms with Crippen LogP contribution in [0.25, 0.3) is 0 Å². The maximum atomic E-state index is 11.9. The molecule has 0 atom stereocenters. The van der Waals surface area contributed by atoms with E-state index in [2.05, 4.69) is 20.7 Å². The fourth-order valence-corrected chi connectivity index (χ4v) is 4.38. The van der Waals surface area contributed by atoms with Gasteiger partial charge in [0.1, 0.15) is 9.96 Å². The maximum absolute atomic E-state index is 11.9. The van der Waals surface area contributed by atoms with Gasteiger partial charge in [0.25, 0.3) is 0 Å². The van der Waals surface area contributed by atoms with Crippen LogP contribution in [0.2, 0.25) is 0 Å². The SMILES string of the molecule is O=S(=O)(NCc1ccc(O)cc1)c1ccc(Br)s1. The van der Waals surface area contributed by atoms with Crippen molar-refractivity contribution >= 4 is 37.3 Å². The standard InChI is InChI=1S/C11H10BrNO3S2/c12-10-5-6-11(17-10)18(15,16)13-7-8-1-3-9(14)4-2-8/h1-6,13-14H,7H2. The molecule has 1 aromatic heterocycles. The van der Waals surface area contributed by atoms with Crippen molar-refractivity contribution in [1.29, 1.82) is 0 Å². The lowest BCUT2D eigenvalue weighted by Crippen LogP contribution is -2.22. The maximum Gasteiger partial charge on any atom is 0.250 e. The van der Waals surface area contributed by atoms with Crippen molar-refractivity contribution in [3.05, 3.63) is 45.7 Å². The minimum absolute atomic E-state index is 0.156. The molecule has 1 heterocycles. The van der Waals surface area contributed by atoms with Crippen LogP contribution in [0.1, 0.15) is 5.56 Å². The highest BCUT2D eigenvalue weighted by molar-refractivity contribution is 9.11. The molecule has 2 rings (SSSR count). The first-order chi connectivity index (χ1) is 8.47. The molecule has 0 aliphatic carbocycles. The first-order valence-electron chi connectivity index (χ1n) is 5.00. The van der Waals surface area contributed by atoms with Crippen molar-refractivity contribution in [3.63, 3.8) is 0 Å². The number of phenolic OH excluding ortho intramolecular Hbond substituents is 1. The number of sulfonamides is 1. The molecule has 0 aliphatic rings. The van der Waals surface area contributed by atoms with E-state index >= 15 is 0 Å². The summed E-state index contributed by atoms with van der Waals surface area (Å²) in [5.41, 5.74) is 0.784. The van der Waals surface area contributed by atoms with Crippen LogP contribution in [0.4, 0.5) is 0 Å². The highest BCUT2D eigenvalue weighted by Crippen LogP contribution is 2.25. The molecule has 2 aromatic rings. The quantitative estimate of drug-likeness (QED) is 0.893. The molecular formula is C11H10BrNO3S2. The molecule has 0 saturated heterocycles. The van der Waals surface area contributed by atoms with Crippen LogP contribution in [0.3, 0.4) is 0 Å². The van der Waals surface area contributed by atoms with Gasteiger partial charge in [0, 0.05) is 6.54 Å². The Morgan fingerprint density at radius 3 is 2.39 bits per heavy atom. The van der Waals surface area contributed by atoms with Crippen LogP contribution in [0.5, 0.6) is 5.75 Å². The second-order valence-electron chi connectivity index (χ2n) is 3.55. The van der Waals surface area contributed by atoms with E-state index in [-0.39, 0.29) is 16.5 Å². The number of hydrogen-bond acceptors (Lipinski definition) is 4. The minimum Gasteiger partial charge on any atom is -0.508 e. The van der Waals surface area contributed by atoms with Gasteiger partial charge in [0.2, 0.25) is 10.0 Å². The van der Waals surface area contributed by atoms with E-state index in [1.807, 2.05) is 0 Å². The summed E-state index contributed by atoms with van der Waals surface area (Å²) >= 11 is 4.39. The lowest BCUT2D eigenvalue weighted by atomic mass is 10.2. The van der Waals surface area contributed by atoms with Gasteiger partial charge in [-0.15, -0.1) is 11.3 Å². The monoisotopic (exact) mass is 347 g/mol. The molecule has 0 bridgehead atoms. The van der Waals surface area contributed by atoms with Crippen LogP contribution in [-0.4, -0.2) is 13.5 Å². The van der Waals surface area contributed by atoms with E-state index in [1.165, 1.54) is 12.1 Å². The van der Waals surface area contributed by atoms with Gasteiger partial charge >= 0.3 is 0 Å². The molecule has 0 aliphatic heterocycles. The van der Waals surface area contributed by atoms with Gasteiger partial charge in [-0.2, -0.15) is 0 Å². The summed E-state index contributed by atoms with van der Waals surface area (Å²) in [5.74, 6) is 0.156. The number of nitrogens with one attached hydrogen (secondary N) is 1. The summed E-state index contributed by atoms with van der Waals surface area (Å²) < 4.78 is 27.4. The summed E-state index contributed by atoms with van der Waals surface area (Å²) in [6.07, 6.45) is 0. The third-order valence-corrected chi connectivity index (χ3v) is 5.73. The molecule has 0 unspecified atom stereocenters. The summed E-state index contributed by atoms with van der Waals surface area (Å²) in [6, 6.07) is 9.62. The Kier molecular flexibility index (Phi) is 4.06. The van der Waals surface area contributed by atoms with Crippen LogP contribution < -0.4 is 4.72 Å². The third-order valence-electron chi connectivity index (χ3n) is 2.22. The Balaban J connectivity index is 2.08. The minimum atomic E-state index is -3.47. The second kappa shape index (κ2) is 5.40. The number of rotatable bonds is 4. The zero-order valence-electron chi connectivity index (χ0n) is 9.13. The first-order valence-corrected chi connectivity index (χ1v) is 8.09. The van der Waals surface area contributed by atoms with E-state index in [0.717, 1.165) is 20.7 Å². The highest BCUT2D eigenvalue weighted by Gasteiger charge is 2.15. The normalized spacial score (nSPS) is 11.6. The van der Waals surface area contributed by atoms with Gasteiger partial charge in [-0.3, -0.25) is 0 Å². The Labute approximate surface area is 117 Å². The molecule has 7 heteroatoms. The van der Waals surface area contributed by atoms with E-state index in [9.17, 15) is 8.42 Å². The Morgan fingerprint density at radius 1 is 1.17 bits per heavy atom. The van der Waals surface area contributed by atoms with Crippen molar-refractivity contribution in [1.82, 2.24) is 4.72 Å². The smallest absolute Gasteiger partial charge is 0.250 e. The van der Waals surface area contributed by atoms with Gasteiger partial charge in [-0.1, -0.05) is 12.1 Å². The van der Waals surface area contributed by atoms with Crippen LogP contribution in [-0.2, 0) is 16.6 Å². The number of halogens is 1. The number of hydrogen-bond donors (Lipinski definition) is 2. The molecule has 0 fully saturated rings. The Hall–Kier alpha value is -0.890. The lowest BCUT2D eigenvalue weighted by Gasteiger charge is -2.04. The summed E-state index contributed by atoms with van der Waals surface area (Å²) in [7, 11) is -3.47. The zero-order valence-corrected chi connectivity index (χ0v) is 12.3. The van der Waals surface area contributed by atoms with Crippen molar-refractivity contribution < 1.29 is 13.5 Å². The topological polar surface area (TPSA) is 66.4 Å². The Morgan fingerprint density at radius 2 is 1.83 bits per heavy atom. The molecular weight excluding hydrogens is 338 g/mol. The van der Waals surface area contributed by atoms with E-state index in [1.54, 1.807) is 24.3 Å². The van der Waals surface area contributed by atoms with E-state index in [0.29, 0.717) is 0 Å². The van der Waals surface area contributed by atoms with Crippen molar-refractivity contribution in [2.45, 2.75) is 10.8 Å². The van der Waals surface area contributed by atoms with Gasteiger partial charge in [-0.05, 0) is 45.8 Å².